The van der Waals surface area contributed by atoms with Crippen LogP contribution in [0.1, 0.15) is 40.4 Å². The third-order valence-electron chi connectivity index (χ3n) is 5.18. The van der Waals surface area contributed by atoms with E-state index >= 15 is 0 Å². The van der Waals surface area contributed by atoms with Crippen molar-refractivity contribution in [2.75, 3.05) is 13.1 Å². The number of aromatic amines is 1. The largest absolute Gasteiger partial charge is 0.507 e. The molecule has 150 valence electrons. The molecule has 2 heterocycles. The van der Waals surface area contributed by atoms with Crippen LogP contribution >= 0.6 is 23.2 Å². The Labute approximate surface area is 171 Å². The van der Waals surface area contributed by atoms with Crippen LogP contribution in [0.4, 0.5) is 4.39 Å². The molecule has 0 aliphatic carbocycles. The fourth-order valence-electron chi connectivity index (χ4n) is 3.53. The Kier molecular flexibility index (Phi) is 5.98. The number of hydrogen-bond acceptors (Lipinski definition) is 4. The van der Waals surface area contributed by atoms with Gasteiger partial charge in [-0.25, -0.2) is 4.39 Å². The van der Waals surface area contributed by atoms with E-state index in [2.05, 4.69) is 4.98 Å². The second-order valence-electron chi connectivity index (χ2n) is 6.98. The molecule has 1 aliphatic rings. The average molecular weight is 428 g/mol. The van der Waals surface area contributed by atoms with E-state index in [0.29, 0.717) is 37.1 Å². The summed E-state index contributed by atoms with van der Waals surface area (Å²) < 4.78 is 14.5. The zero-order valence-corrected chi connectivity index (χ0v) is 16.6. The van der Waals surface area contributed by atoms with Gasteiger partial charge in [0.15, 0.2) is 5.82 Å². The molecule has 0 spiro atoms. The number of aromatic nitrogens is 1. The molecule has 1 aromatic carbocycles. The van der Waals surface area contributed by atoms with Crippen molar-refractivity contribution in [3.8, 4) is 5.75 Å². The first-order valence-electron chi connectivity index (χ1n) is 8.81. The van der Waals surface area contributed by atoms with Crippen LogP contribution in [0.25, 0.3) is 0 Å². The monoisotopic (exact) mass is 427 g/mol. The minimum atomic E-state index is -0.738. The number of amides is 1. The minimum absolute atomic E-state index is 0.00722. The molecular weight excluding hydrogens is 408 g/mol. The molecule has 1 amide bonds. The second-order valence-corrected chi connectivity index (χ2v) is 7.76. The highest BCUT2D eigenvalue weighted by Crippen LogP contribution is 2.38. The van der Waals surface area contributed by atoms with Gasteiger partial charge in [0.05, 0.1) is 10.6 Å². The molecule has 0 radical (unpaired) electrons. The van der Waals surface area contributed by atoms with Crippen molar-refractivity contribution in [1.82, 2.24) is 9.88 Å². The lowest BCUT2D eigenvalue weighted by Gasteiger charge is -2.35. The summed E-state index contributed by atoms with van der Waals surface area (Å²) in [6.07, 6.45) is 2.40. The number of aromatic hydroxyl groups is 1. The minimum Gasteiger partial charge on any atom is -0.507 e. The maximum atomic E-state index is 14.5. The third kappa shape index (κ3) is 3.87. The summed E-state index contributed by atoms with van der Waals surface area (Å²) in [4.78, 5) is 28.0. The standard InChI is InChI=1S/C19H20Cl2FN3O3/c1-9-6-13(26)14(16(22)15(9)21)17(23)10-2-4-25(5-3-10)19(28)11-7-12(20)18(27)24-8-11/h6-8,10,17,26H,2-5,23H2,1H3,(H,24,27). The predicted octanol–water partition coefficient (Wildman–Crippen LogP) is 3.39. The Morgan fingerprint density at radius 1 is 1.36 bits per heavy atom. The summed E-state index contributed by atoms with van der Waals surface area (Å²) in [6, 6.07) is 2.00. The van der Waals surface area contributed by atoms with E-state index in [-0.39, 0.29) is 33.2 Å². The normalized spacial score (nSPS) is 16.2. The van der Waals surface area contributed by atoms with E-state index in [9.17, 15) is 19.1 Å². The Bertz CT molecular complexity index is 972. The van der Waals surface area contributed by atoms with Crippen molar-refractivity contribution in [3.05, 3.63) is 61.2 Å². The lowest BCUT2D eigenvalue weighted by molar-refractivity contribution is 0.0676. The first-order chi connectivity index (χ1) is 13.2. The number of phenolic OH excluding ortho intramolecular Hbond substituents is 1. The van der Waals surface area contributed by atoms with Gasteiger partial charge in [-0.1, -0.05) is 23.2 Å². The van der Waals surface area contributed by atoms with Gasteiger partial charge in [0, 0.05) is 30.9 Å². The summed E-state index contributed by atoms with van der Waals surface area (Å²) in [5, 5.41) is 10.0. The van der Waals surface area contributed by atoms with Gasteiger partial charge in [-0.3, -0.25) is 9.59 Å². The van der Waals surface area contributed by atoms with Crippen molar-refractivity contribution >= 4 is 29.1 Å². The van der Waals surface area contributed by atoms with Crippen LogP contribution in [0, 0.1) is 18.7 Å². The van der Waals surface area contributed by atoms with Gasteiger partial charge in [0.25, 0.3) is 11.5 Å². The van der Waals surface area contributed by atoms with E-state index < -0.39 is 17.4 Å². The molecule has 6 nitrogen and oxygen atoms in total. The third-order valence-corrected chi connectivity index (χ3v) is 5.92. The number of carbonyl (C=O) groups is 1. The van der Waals surface area contributed by atoms with Crippen LogP contribution < -0.4 is 11.3 Å². The first-order valence-corrected chi connectivity index (χ1v) is 9.56. The van der Waals surface area contributed by atoms with Gasteiger partial charge in [-0.15, -0.1) is 0 Å². The van der Waals surface area contributed by atoms with E-state index in [1.807, 2.05) is 0 Å². The van der Waals surface area contributed by atoms with Crippen molar-refractivity contribution in [1.29, 1.82) is 0 Å². The topological polar surface area (TPSA) is 99.4 Å². The van der Waals surface area contributed by atoms with Crippen molar-refractivity contribution in [3.63, 3.8) is 0 Å². The van der Waals surface area contributed by atoms with Crippen LogP contribution in [0.2, 0.25) is 10.0 Å². The number of nitrogens with zero attached hydrogens (tertiary/aromatic N) is 1. The molecule has 1 atom stereocenters. The molecule has 0 saturated carbocycles. The number of halogens is 3. The fourth-order valence-corrected chi connectivity index (χ4v) is 3.85. The van der Waals surface area contributed by atoms with Gasteiger partial charge in [0.2, 0.25) is 0 Å². The molecule has 2 aromatic rings. The molecule has 0 bridgehead atoms. The maximum absolute atomic E-state index is 14.5. The summed E-state index contributed by atoms with van der Waals surface area (Å²) in [7, 11) is 0. The Hall–Kier alpha value is -2.09. The quantitative estimate of drug-likeness (QED) is 0.698. The number of carbonyl (C=O) groups excluding carboxylic acids is 1. The molecule has 1 saturated heterocycles. The summed E-state index contributed by atoms with van der Waals surface area (Å²) in [5.41, 5.74) is 6.52. The number of nitrogens with two attached hydrogens (primary N) is 1. The van der Waals surface area contributed by atoms with E-state index in [1.54, 1.807) is 11.8 Å². The van der Waals surface area contributed by atoms with Crippen LogP contribution in [-0.2, 0) is 0 Å². The number of phenols is 1. The highest BCUT2D eigenvalue weighted by atomic mass is 35.5. The van der Waals surface area contributed by atoms with E-state index in [0.717, 1.165) is 0 Å². The van der Waals surface area contributed by atoms with Crippen LogP contribution in [0.5, 0.6) is 5.75 Å². The van der Waals surface area contributed by atoms with E-state index in [1.165, 1.54) is 18.3 Å². The molecule has 3 rings (SSSR count). The number of H-pyrrole nitrogens is 1. The molecule has 1 aliphatic heterocycles. The lowest BCUT2D eigenvalue weighted by atomic mass is 9.85. The zero-order valence-electron chi connectivity index (χ0n) is 15.1. The summed E-state index contributed by atoms with van der Waals surface area (Å²) in [6.45, 7) is 2.43. The number of aryl methyl sites for hydroxylation is 1. The highest BCUT2D eigenvalue weighted by molar-refractivity contribution is 6.31. The van der Waals surface area contributed by atoms with Crippen molar-refractivity contribution in [2.24, 2.45) is 11.7 Å². The molecular formula is C19H20Cl2FN3O3. The molecule has 1 fully saturated rings. The van der Waals surface area contributed by atoms with Gasteiger partial charge in [0.1, 0.15) is 10.8 Å². The fraction of sp³-hybridized carbons (Fsp3) is 0.368. The Morgan fingerprint density at radius 3 is 2.61 bits per heavy atom. The SMILES string of the molecule is Cc1cc(O)c(C(N)C2CCN(C(=O)c3c[nH]c(=O)c(Cl)c3)CC2)c(F)c1Cl. The smallest absolute Gasteiger partial charge is 0.266 e. The number of rotatable bonds is 3. The number of pyridine rings is 1. The second kappa shape index (κ2) is 8.11. The first kappa shape index (κ1) is 20.6. The molecule has 9 heteroatoms. The van der Waals surface area contributed by atoms with Crippen LogP contribution in [0.3, 0.4) is 0 Å². The van der Waals surface area contributed by atoms with Crippen LogP contribution in [0.15, 0.2) is 23.1 Å². The lowest BCUT2D eigenvalue weighted by Crippen LogP contribution is -2.41. The van der Waals surface area contributed by atoms with Gasteiger partial charge >= 0.3 is 0 Å². The highest BCUT2D eigenvalue weighted by Gasteiger charge is 2.31. The van der Waals surface area contributed by atoms with E-state index in [4.69, 9.17) is 28.9 Å². The molecule has 4 N–H and O–H groups in total. The van der Waals surface area contributed by atoms with Gasteiger partial charge < -0.3 is 20.7 Å². The number of likely N-dealkylation sites (tertiary alicyclic amines) is 1. The number of piperidine rings is 1. The Morgan fingerprint density at radius 2 is 2.00 bits per heavy atom. The average Bonchev–Trinajstić information content (AvgIpc) is 2.68. The number of nitrogens with one attached hydrogen (secondary N) is 1. The maximum Gasteiger partial charge on any atom is 0.266 e. The Balaban J connectivity index is 1.72. The van der Waals surface area contributed by atoms with Crippen molar-refractivity contribution < 1.29 is 14.3 Å². The number of hydrogen-bond donors (Lipinski definition) is 3. The molecule has 28 heavy (non-hydrogen) atoms. The van der Waals surface area contributed by atoms with Crippen LogP contribution in [-0.4, -0.2) is 34.0 Å². The molecule has 1 aromatic heterocycles. The van der Waals surface area contributed by atoms with Gasteiger partial charge in [-0.05, 0) is 43.4 Å². The van der Waals surface area contributed by atoms with Gasteiger partial charge in [-0.2, -0.15) is 0 Å². The predicted molar refractivity (Wildman–Crippen MR) is 105 cm³/mol. The van der Waals surface area contributed by atoms with Crippen molar-refractivity contribution in [2.45, 2.75) is 25.8 Å². The summed E-state index contributed by atoms with van der Waals surface area (Å²) >= 11 is 11.7. The number of benzene rings is 1. The molecule has 1 unspecified atom stereocenters. The summed E-state index contributed by atoms with van der Waals surface area (Å²) in [5.74, 6) is -1.29. The zero-order chi connectivity index (χ0) is 20.6.